The summed E-state index contributed by atoms with van der Waals surface area (Å²) in [6.45, 7) is 6.76. The number of amides is 1. The van der Waals surface area contributed by atoms with E-state index in [0.717, 1.165) is 43.9 Å². The number of benzene rings is 1. The average molecular weight is 440 g/mol. The van der Waals surface area contributed by atoms with E-state index in [9.17, 15) is 9.59 Å². The predicted molar refractivity (Wildman–Crippen MR) is 134 cm³/mol. The fraction of sp³-hybridized carbons (Fsp3) is 0.400. The summed E-state index contributed by atoms with van der Waals surface area (Å²) in [6, 6.07) is 8.39. The second-order valence-electron chi connectivity index (χ2n) is 7.41. The quantitative estimate of drug-likeness (QED) is 0.320. The molecule has 6 heteroatoms. The minimum atomic E-state index is 0.113. The fourth-order valence-electron chi connectivity index (χ4n) is 3.33. The number of rotatable bonds is 9. The molecule has 166 valence electrons. The third-order valence-electron chi connectivity index (χ3n) is 4.98. The van der Waals surface area contributed by atoms with Gasteiger partial charge in [-0.3, -0.25) is 14.6 Å². The first-order valence-electron chi connectivity index (χ1n) is 10.7. The first kappa shape index (κ1) is 24.7. The number of carbonyl (C=O) groups excluding carboxylic acids is 2. The summed E-state index contributed by atoms with van der Waals surface area (Å²) >= 11 is 1.29. The minimum absolute atomic E-state index is 0.113. The molecule has 0 N–H and O–H groups in total. The van der Waals surface area contributed by atoms with Crippen molar-refractivity contribution in [3.63, 3.8) is 0 Å². The molecule has 0 aliphatic carbocycles. The van der Waals surface area contributed by atoms with Crippen LogP contribution in [-0.2, 0) is 9.59 Å². The summed E-state index contributed by atoms with van der Waals surface area (Å²) in [4.78, 5) is 31.7. The number of allylic oxidation sites excluding steroid dienone is 5. The summed E-state index contributed by atoms with van der Waals surface area (Å²) in [6.07, 6.45) is 13.2. The van der Waals surface area contributed by atoms with Crippen molar-refractivity contribution < 1.29 is 9.59 Å². The number of aliphatic imine (C=N–C) groups is 1. The summed E-state index contributed by atoms with van der Waals surface area (Å²) in [5.74, 6) is 0.912. The van der Waals surface area contributed by atoms with Crippen molar-refractivity contribution in [2.75, 3.05) is 43.9 Å². The van der Waals surface area contributed by atoms with Crippen LogP contribution < -0.4 is 4.90 Å². The van der Waals surface area contributed by atoms with Gasteiger partial charge in [0, 0.05) is 64.2 Å². The zero-order valence-electron chi connectivity index (χ0n) is 18.8. The summed E-state index contributed by atoms with van der Waals surface area (Å²) in [7, 11) is 1.75. The first-order chi connectivity index (χ1) is 15.0. The highest BCUT2D eigenvalue weighted by atomic mass is 32.2. The van der Waals surface area contributed by atoms with Crippen LogP contribution in [0.25, 0.3) is 6.08 Å². The van der Waals surface area contributed by atoms with E-state index in [1.807, 2.05) is 17.1 Å². The summed E-state index contributed by atoms with van der Waals surface area (Å²) in [5, 5.41) is 0.113. The van der Waals surface area contributed by atoms with E-state index in [1.165, 1.54) is 23.0 Å². The molecule has 1 aliphatic heterocycles. The molecule has 0 aromatic heterocycles. The Balaban J connectivity index is 1.92. The van der Waals surface area contributed by atoms with E-state index in [-0.39, 0.29) is 11.0 Å². The molecule has 1 aromatic rings. The molecular formula is C25H33N3O2S. The Morgan fingerprint density at radius 3 is 2.55 bits per heavy atom. The maximum Gasteiger partial charge on any atom is 0.222 e. The van der Waals surface area contributed by atoms with Crippen LogP contribution in [0.4, 0.5) is 5.69 Å². The Bertz CT molecular complexity index is 850. The van der Waals surface area contributed by atoms with Crippen molar-refractivity contribution in [3.8, 4) is 0 Å². The van der Waals surface area contributed by atoms with Gasteiger partial charge in [0.05, 0.1) is 0 Å². The number of thioether (sulfide) groups is 1. The Hall–Kier alpha value is -2.60. The molecule has 2 rings (SSSR count). The zero-order valence-corrected chi connectivity index (χ0v) is 19.6. The molecule has 5 nitrogen and oxygen atoms in total. The molecule has 1 saturated heterocycles. The smallest absolute Gasteiger partial charge is 0.222 e. The lowest BCUT2D eigenvalue weighted by Crippen LogP contribution is -2.49. The van der Waals surface area contributed by atoms with E-state index < -0.39 is 0 Å². The van der Waals surface area contributed by atoms with E-state index in [0.29, 0.717) is 6.42 Å². The number of hydrogen-bond acceptors (Lipinski definition) is 5. The van der Waals surface area contributed by atoms with Crippen molar-refractivity contribution in [2.24, 2.45) is 4.99 Å². The lowest BCUT2D eigenvalue weighted by molar-refractivity contribution is -0.131. The van der Waals surface area contributed by atoms with Crippen molar-refractivity contribution in [1.82, 2.24) is 4.90 Å². The number of anilines is 1. The molecule has 1 aromatic carbocycles. The number of hydrogen-bond donors (Lipinski definition) is 0. The van der Waals surface area contributed by atoms with Crippen LogP contribution in [0.5, 0.6) is 0 Å². The zero-order chi connectivity index (χ0) is 22.5. The van der Waals surface area contributed by atoms with Crippen molar-refractivity contribution >= 4 is 40.8 Å². The third kappa shape index (κ3) is 8.97. The molecule has 1 fully saturated rings. The topological polar surface area (TPSA) is 53.0 Å². The molecular weight excluding hydrogens is 406 g/mol. The van der Waals surface area contributed by atoms with Crippen LogP contribution in [0.2, 0.25) is 0 Å². The van der Waals surface area contributed by atoms with Crippen LogP contribution in [0, 0.1) is 0 Å². The van der Waals surface area contributed by atoms with Crippen molar-refractivity contribution in [1.29, 1.82) is 0 Å². The molecule has 31 heavy (non-hydrogen) atoms. The van der Waals surface area contributed by atoms with Crippen LogP contribution in [0.15, 0.2) is 59.1 Å². The Kier molecular flexibility index (Phi) is 10.9. The Morgan fingerprint density at radius 2 is 1.84 bits per heavy atom. The second-order valence-corrected chi connectivity index (χ2v) is 8.68. The molecule has 1 amide bonds. The maximum absolute atomic E-state index is 12.4. The number of para-hydroxylation sites is 1. The summed E-state index contributed by atoms with van der Waals surface area (Å²) < 4.78 is 0. The van der Waals surface area contributed by atoms with Crippen LogP contribution >= 0.6 is 11.8 Å². The third-order valence-corrected chi connectivity index (χ3v) is 5.88. The van der Waals surface area contributed by atoms with Gasteiger partial charge in [-0.15, -0.1) is 0 Å². The molecule has 0 saturated carbocycles. The van der Waals surface area contributed by atoms with Crippen molar-refractivity contribution in [3.05, 3.63) is 59.7 Å². The summed E-state index contributed by atoms with van der Waals surface area (Å²) in [5.41, 5.74) is 3.54. The lowest BCUT2D eigenvalue weighted by Gasteiger charge is -2.37. The highest BCUT2D eigenvalue weighted by Gasteiger charge is 2.21. The first-order valence-corrected chi connectivity index (χ1v) is 11.7. The lowest BCUT2D eigenvalue weighted by atomic mass is 10.1. The molecule has 0 spiro atoms. The van der Waals surface area contributed by atoms with Gasteiger partial charge in [-0.25, -0.2) is 0 Å². The van der Waals surface area contributed by atoms with Gasteiger partial charge >= 0.3 is 0 Å². The molecule has 0 unspecified atom stereocenters. The highest BCUT2D eigenvalue weighted by Crippen LogP contribution is 2.24. The molecule has 0 bridgehead atoms. The minimum Gasteiger partial charge on any atom is -0.367 e. The molecule has 0 atom stereocenters. The SMILES string of the molecule is CN=C\C=C/C=C(C)/C=C/c1ccccc1N1CCN(C(=O)CCCSC(C)=O)CC1. The monoisotopic (exact) mass is 439 g/mol. The number of nitrogens with zero attached hydrogens (tertiary/aromatic N) is 3. The molecule has 1 aliphatic rings. The van der Waals surface area contributed by atoms with Gasteiger partial charge in [0.15, 0.2) is 5.12 Å². The molecule has 0 radical (unpaired) electrons. The second kappa shape index (κ2) is 13.7. The highest BCUT2D eigenvalue weighted by molar-refractivity contribution is 8.13. The van der Waals surface area contributed by atoms with Gasteiger partial charge < -0.3 is 9.80 Å². The Labute approximate surface area is 190 Å². The van der Waals surface area contributed by atoms with Gasteiger partial charge in [0.2, 0.25) is 5.91 Å². The maximum atomic E-state index is 12.4. The van der Waals surface area contributed by atoms with E-state index in [1.54, 1.807) is 20.2 Å². The van der Waals surface area contributed by atoms with Gasteiger partial charge in [-0.2, -0.15) is 0 Å². The number of carbonyl (C=O) groups is 2. The molecule has 1 heterocycles. The fourth-order valence-corrected chi connectivity index (χ4v) is 3.91. The average Bonchev–Trinajstić information content (AvgIpc) is 2.78. The standard InChI is InChI=1S/C25H33N3O2S/c1-21(9-6-7-15-26-3)13-14-23-10-4-5-11-24(23)27-16-18-28(19-17-27)25(30)12-8-20-31-22(2)29/h4-7,9-11,13-15H,8,12,16-20H2,1-3H3/b7-6-,14-13+,21-9+,26-15?. The van der Waals surface area contributed by atoms with Gasteiger partial charge in [0.1, 0.15) is 0 Å². The van der Waals surface area contributed by atoms with Crippen LogP contribution in [-0.4, -0.2) is 61.1 Å². The normalized spacial score (nSPS) is 15.5. The van der Waals surface area contributed by atoms with E-state index >= 15 is 0 Å². The van der Waals surface area contributed by atoms with Gasteiger partial charge in [-0.1, -0.05) is 59.8 Å². The van der Waals surface area contributed by atoms with Crippen molar-refractivity contribution in [2.45, 2.75) is 26.7 Å². The largest absolute Gasteiger partial charge is 0.367 e. The van der Waals surface area contributed by atoms with E-state index in [4.69, 9.17) is 0 Å². The van der Waals surface area contributed by atoms with Gasteiger partial charge in [0.25, 0.3) is 0 Å². The number of piperazine rings is 1. The Morgan fingerprint density at radius 1 is 1.10 bits per heavy atom. The van der Waals surface area contributed by atoms with Crippen LogP contribution in [0.1, 0.15) is 32.3 Å². The van der Waals surface area contributed by atoms with E-state index in [2.05, 4.69) is 59.3 Å². The van der Waals surface area contributed by atoms with Gasteiger partial charge in [-0.05, 0) is 31.1 Å². The predicted octanol–water partition coefficient (Wildman–Crippen LogP) is 4.61. The van der Waals surface area contributed by atoms with Crippen LogP contribution in [0.3, 0.4) is 0 Å².